The molecular weight excluding hydrogens is 203 g/mol. The first-order chi connectivity index (χ1) is 6.97. The maximum Gasteiger partial charge on any atom is 0.267 e. The van der Waals surface area contributed by atoms with Crippen LogP contribution >= 0.6 is 0 Å². The molecule has 80 valence electrons. The van der Waals surface area contributed by atoms with E-state index in [0.29, 0.717) is 5.56 Å². The molecule has 0 aliphatic heterocycles. The molecule has 0 aliphatic rings. The Morgan fingerprint density at radius 2 is 1.87 bits per heavy atom. The summed E-state index contributed by atoms with van der Waals surface area (Å²) >= 11 is 0. The first-order valence-corrected chi connectivity index (χ1v) is 4.47. The van der Waals surface area contributed by atoms with Gasteiger partial charge in [-0.3, -0.25) is 0 Å². The largest absolute Gasteiger partial charge is 0.267 e. The first-order valence-electron chi connectivity index (χ1n) is 4.47. The predicted octanol–water partition coefficient (Wildman–Crippen LogP) is 3.48. The van der Waals surface area contributed by atoms with Crippen LogP contribution in [-0.2, 0) is 0 Å². The van der Waals surface area contributed by atoms with Crippen molar-refractivity contribution in [3.8, 4) is 6.07 Å². The Kier molecular flexibility index (Phi) is 3.35. The lowest BCUT2D eigenvalue weighted by molar-refractivity contribution is -0.0174. The minimum atomic E-state index is -3.08. The fraction of sp³-hybridized carbons (Fsp3) is 0.364. The molecule has 0 heterocycles. The van der Waals surface area contributed by atoms with Crippen LogP contribution in [0, 0.1) is 17.1 Å². The molecule has 0 spiro atoms. The number of alkyl halides is 2. The summed E-state index contributed by atoms with van der Waals surface area (Å²) in [5.41, 5.74) is 0.330. The van der Waals surface area contributed by atoms with Crippen LogP contribution in [0.15, 0.2) is 24.3 Å². The van der Waals surface area contributed by atoms with Crippen LogP contribution < -0.4 is 0 Å². The summed E-state index contributed by atoms with van der Waals surface area (Å²) in [6.07, 6.45) is -0.828. The van der Waals surface area contributed by atoms with Crippen LogP contribution in [0.4, 0.5) is 13.2 Å². The van der Waals surface area contributed by atoms with Crippen molar-refractivity contribution in [1.82, 2.24) is 0 Å². The van der Waals surface area contributed by atoms with E-state index in [1.165, 1.54) is 25.1 Å². The number of benzene rings is 1. The Morgan fingerprint density at radius 1 is 1.33 bits per heavy atom. The third kappa shape index (κ3) is 2.72. The first kappa shape index (κ1) is 11.6. The van der Waals surface area contributed by atoms with Crippen molar-refractivity contribution in [3.63, 3.8) is 0 Å². The van der Waals surface area contributed by atoms with E-state index >= 15 is 0 Å². The normalized spacial score (nSPS) is 13.3. The summed E-state index contributed by atoms with van der Waals surface area (Å²) in [6, 6.07) is 6.33. The summed E-state index contributed by atoms with van der Waals surface area (Å²) in [6.45, 7) is 1.32. The predicted molar refractivity (Wildman–Crippen MR) is 50.0 cm³/mol. The van der Waals surface area contributed by atoms with Crippen LogP contribution in [0.5, 0.6) is 0 Å². The fourth-order valence-electron chi connectivity index (χ4n) is 1.25. The third-order valence-corrected chi connectivity index (χ3v) is 2.32. The van der Waals surface area contributed by atoms with E-state index in [0.717, 1.165) is 12.1 Å². The van der Waals surface area contributed by atoms with Crippen molar-refractivity contribution < 1.29 is 13.2 Å². The van der Waals surface area contributed by atoms with E-state index < -0.39 is 24.1 Å². The van der Waals surface area contributed by atoms with E-state index in [4.69, 9.17) is 5.26 Å². The van der Waals surface area contributed by atoms with E-state index in [9.17, 15) is 13.2 Å². The van der Waals surface area contributed by atoms with Crippen molar-refractivity contribution in [2.75, 3.05) is 0 Å². The Morgan fingerprint density at radius 3 is 2.33 bits per heavy atom. The highest BCUT2D eigenvalue weighted by Crippen LogP contribution is 2.35. The average Bonchev–Trinajstić information content (AvgIpc) is 2.18. The Labute approximate surface area is 86.1 Å². The lowest BCUT2D eigenvalue weighted by atomic mass is 9.93. The zero-order chi connectivity index (χ0) is 11.5. The molecule has 0 aliphatic carbocycles. The van der Waals surface area contributed by atoms with Crippen molar-refractivity contribution >= 4 is 0 Å². The second kappa shape index (κ2) is 4.35. The smallest absolute Gasteiger partial charge is 0.207 e. The highest BCUT2D eigenvalue weighted by Gasteiger charge is 2.36. The molecule has 0 saturated heterocycles. The molecule has 1 unspecified atom stereocenters. The zero-order valence-corrected chi connectivity index (χ0v) is 8.17. The highest BCUT2D eigenvalue weighted by molar-refractivity contribution is 5.22. The van der Waals surface area contributed by atoms with Gasteiger partial charge in [-0.15, -0.1) is 0 Å². The van der Waals surface area contributed by atoms with Gasteiger partial charge in [-0.25, -0.2) is 13.2 Å². The number of rotatable bonds is 3. The molecule has 0 amide bonds. The molecule has 0 bridgehead atoms. The van der Waals surface area contributed by atoms with E-state index in [2.05, 4.69) is 0 Å². The van der Waals surface area contributed by atoms with Gasteiger partial charge in [0.05, 0.1) is 12.5 Å². The molecule has 0 saturated carbocycles. The highest BCUT2D eigenvalue weighted by atomic mass is 19.3. The molecule has 0 fully saturated rings. The molecule has 1 atom stereocenters. The molecule has 1 rings (SSSR count). The van der Waals surface area contributed by atoms with Gasteiger partial charge in [-0.1, -0.05) is 19.1 Å². The number of nitriles is 1. The summed E-state index contributed by atoms with van der Waals surface area (Å²) in [4.78, 5) is 0. The van der Waals surface area contributed by atoms with E-state index in [1.54, 1.807) is 0 Å². The monoisotopic (exact) mass is 213 g/mol. The number of hydrogen-bond donors (Lipinski definition) is 0. The van der Waals surface area contributed by atoms with Crippen LogP contribution in [-0.4, -0.2) is 5.92 Å². The molecular formula is C11H10F3N. The Balaban J connectivity index is 2.89. The standard InChI is InChI=1S/C11H10F3N/c1-8(11(13,14)6-7-15)9-2-4-10(12)5-3-9/h2-5,8H,6H2,1H3. The number of halogens is 3. The molecule has 1 nitrogen and oxygen atoms in total. The summed E-state index contributed by atoms with van der Waals surface area (Å²) in [5, 5.41) is 8.25. The van der Waals surface area contributed by atoms with Crippen LogP contribution in [0.25, 0.3) is 0 Å². The lowest BCUT2D eigenvalue weighted by Crippen LogP contribution is -2.23. The molecule has 1 aromatic carbocycles. The minimum absolute atomic E-state index is 0.330. The summed E-state index contributed by atoms with van der Waals surface area (Å²) in [7, 11) is 0. The van der Waals surface area contributed by atoms with Gasteiger partial charge >= 0.3 is 0 Å². The molecule has 0 N–H and O–H groups in total. The van der Waals surface area contributed by atoms with Crippen LogP contribution in [0.3, 0.4) is 0 Å². The van der Waals surface area contributed by atoms with Gasteiger partial charge in [0.2, 0.25) is 0 Å². The molecule has 0 aromatic heterocycles. The summed E-state index contributed by atoms with van der Waals surface area (Å²) < 4.78 is 39.1. The SMILES string of the molecule is CC(c1ccc(F)cc1)C(F)(F)CC#N. The Bertz CT molecular complexity index is 364. The van der Waals surface area contributed by atoms with Gasteiger partial charge in [0.25, 0.3) is 5.92 Å². The zero-order valence-electron chi connectivity index (χ0n) is 8.17. The lowest BCUT2D eigenvalue weighted by Gasteiger charge is -2.21. The fourth-order valence-corrected chi connectivity index (χ4v) is 1.25. The maximum absolute atomic E-state index is 13.3. The van der Waals surface area contributed by atoms with Gasteiger partial charge in [-0.05, 0) is 17.7 Å². The van der Waals surface area contributed by atoms with Gasteiger partial charge in [0.15, 0.2) is 0 Å². The Hall–Kier alpha value is -1.50. The minimum Gasteiger partial charge on any atom is -0.207 e. The number of nitrogens with zero attached hydrogens (tertiary/aromatic N) is 1. The molecule has 4 heteroatoms. The molecule has 0 radical (unpaired) electrons. The molecule has 1 aromatic rings. The second-order valence-electron chi connectivity index (χ2n) is 3.37. The third-order valence-electron chi connectivity index (χ3n) is 2.32. The quantitative estimate of drug-likeness (QED) is 0.754. The van der Waals surface area contributed by atoms with E-state index in [-0.39, 0.29) is 0 Å². The molecule has 15 heavy (non-hydrogen) atoms. The van der Waals surface area contributed by atoms with Crippen LogP contribution in [0.2, 0.25) is 0 Å². The van der Waals surface area contributed by atoms with Crippen molar-refractivity contribution in [1.29, 1.82) is 5.26 Å². The number of hydrogen-bond acceptors (Lipinski definition) is 1. The van der Waals surface area contributed by atoms with E-state index in [1.807, 2.05) is 0 Å². The van der Waals surface area contributed by atoms with Crippen molar-refractivity contribution in [2.24, 2.45) is 0 Å². The van der Waals surface area contributed by atoms with Gasteiger partial charge in [0.1, 0.15) is 5.82 Å². The van der Waals surface area contributed by atoms with Gasteiger partial charge in [-0.2, -0.15) is 5.26 Å². The average molecular weight is 213 g/mol. The van der Waals surface area contributed by atoms with Gasteiger partial charge in [0, 0.05) is 5.92 Å². The second-order valence-corrected chi connectivity index (χ2v) is 3.37. The van der Waals surface area contributed by atoms with Crippen LogP contribution in [0.1, 0.15) is 24.8 Å². The topological polar surface area (TPSA) is 23.8 Å². The van der Waals surface area contributed by atoms with Crippen molar-refractivity contribution in [3.05, 3.63) is 35.6 Å². The van der Waals surface area contributed by atoms with Crippen molar-refractivity contribution in [2.45, 2.75) is 25.2 Å². The van der Waals surface area contributed by atoms with Gasteiger partial charge < -0.3 is 0 Å². The maximum atomic E-state index is 13.3. The summed E-state index contributed by atoms with van der Waals surface area (Å²) in [5.74, 6) is -4.63.